The first-order valence-corrected chi connectivity index (χ1v) is 13.6. The van der Waals surface area contributed by atoms with Gasteiger partial charge in [0.1, 0.15) is 28.6 Å². The number of nitrogens with two attached hydrogens (primary N) is 1. The van der Waals surface area contributed by atoms with Crippen molar-refractivity contribution in [3.63, 3.8) is 0 Å². The highest BCUT2D eigenvalue weighted by molar-refractivity contribution is 6.26. The van der Waals surface area contributed by atoms with Crippen LogP contribution in [-0.2, 0) is 32.0 Å². The first-order valence-electron chi connectivity index (χ1n) is 13.6. The van der Waals surface area contributed by atoms with E-state index in [1.165, 1.54) is 14.2 Å². The van der Waals surface area contributed by atoms with E-state index in [-0.39, 0.29) is 39.7 Å². The third-order valence-corrected chi connectivity index (χ3v) is 8.98. The topological polar surface area (TPSA) is 168 Å². The molecule has 1 aliphatic heterocycles. The zero-order chi connectivity index (χ0) is 29.8. The number of primary amides is 1. The maximum Gasteiger partial charge on any atom is 0.254 e. The summed E-state index contributed by atoms with van der Waals surface area (Å²) in [5, 5.41) is 31.5. The molecule has 4 atom stereocenters. The Morgan fingerprint density at radius 1 is 1.22 bits per heavy atom. The van der Waals surface area contributed by atoms with Gasteiger partial charge < -0.3 is 40.3 Å². The maximum absolute atomic E-state index is 14.3. The fourth-order valence-electron chi connectivity index (χ4n) is 7.35. The van der Waals surface area contributed by atoms with Crippen molar-refractivity contribution in [2.75, 3.05) is 61.7 Å². The molecule has 1 aromatic carbocycles. The number of amides is 1. The van der Waals surface area contributed by atoms with Crippen molar-refractivity contribution < 1.29 is 38.7 Å². The molecule has 3 aliphatic carbocycles. The van der Waals surface area contributed by atoms with Crippen molar-refractivity contribution in [2.24, 2.45) is 17.6 Å². The number of aromatic hydroxyl groups is 1. The lowest BCUT2D eigenvalue weighted by Gasteiger charge is -2.53. The molecule has 0 radical (unpaired) electrons. The van der Waals surface area contributed by atoms with Crippen molar-refractivity contribution in [1.29, 1.82) is 5.41 Å². The third kappa shape index (κ3) is 4.23. The number of ketones is 1. The molecule has 5 N–H and O–H groups in total. The van der Waals surface area contributed by atoms with Gasteiger partial charge in [0.05, 0.1) is 44.8 Å². The summed E-state index contributed by atoms with van der Waals surface area (Å²) in [7, 11) is 7.83. The number of benzene rings is 1. The molecule has 0 saturated carbocycles. The minimum atomic E-state index is -1.67. The van der Waals surface area contributed by atoms with E-state index in [9.17, 15) is 19.8 Å². The minimum Gasteiger partial charge on any atom is -0.510 e. The molecule has 41 heavy (non-hydrogen) atoms. The number of rotatable bonds is 7. The van der Waals surface area contributed by atoms with E-state index in [0.717, 1.165) is 18.7 Å². The summed E-state index contributed by atoms with van der Waals surface area (Å²) in [5.41, 5.74) is 5.01. The van der Waals surface area contributed by atoms with Crippen LogP contribution in [0.4, 0.5) is 0 Å². The Labute approximate surface area is 238 Å². The number of fused-ring (bicyclic) bond motifs is 3. The largest absolute Gasteiger partial charge is 0.510 e. The van der Waals surface area contributed by atoms with Crippen LogP contribution >= 0.6 is 0 Å². The van der Waals surface area contributed by atoms with Crippen LogP contribution in [0, 0.1) is 17.2 Å². The number of Topliss-reactive ketones (excluding diaryl/α,β-unsaturated/α-hetero) is 1. The van der Waals surface area contributed by atoms with Gasteiger partial charge in [0.15, 0.2) is 11.4 Å². The number of carbonyl (C=O) groups is 2. The maximum atomic E-state index is 14.3. The number of allylic oxidation sites excluding steroid dienone is 1. The van der Waals surface area contributed by atoms with Crippen LogP contribution in [0.25, 0.3) is 0 Å². The van der Waals surface area contributed by atoms with E-state index in [4.69, 9.17) is 30.1 Å². The number of phenolic OH excluding ortho intramolecular Hbond substituents is 1. The van der Waals surface area contributed by atoms with Gasteiger partial charge in [-0.3, -0.25) is 19.4 Å². The van der Waals surface area contributed by atoms with Crippen LogP contribution in [0.3, 0.4) is 0 Å². The van der Waals surface area contributed by atoms with Gasteiger partial charge in [-0.1, -0.05) is 0 Å². The molecule has 12 nitrogen and oxygen atoms in total. The summed E-state index contributed by atoms with van der Waals surface area (Å²) in [4.78, 5) is 30.7. The second-order valence-corrected chi connectivity index (χ2v) is 11.2. The van der Waals surface area contributed by atoms with Gasteiger partial charge >= 0.3 is 0 Å². The lowest BCUT2D eigenvalue weighted by molar-refractivity contribution is -0.115. The van der Waals surface area contributed by atoms with Crippen molar-refractivity contribution >= 4 is 17.4 Å². The lowest BCUT2D eigenvalue weighted by atomic mass is 9.58. The second kappa shape index (κ2) is 10.8. The molecule has 1 saturated heterocycles. The Kier molecular flexibility index (Phi) is 7.62. The predicted octanol–water partition coefficient (Wildman–Crippen LogP) is 1.15. The zero-order valence-corrected chi connectivity index (χ0v) is 24.1. The molecule has 0 bridgehead atoms. The number of phenols is 1. The van der Waals surface area contributed by atoms with Gasteiger partial charge in [-0.15, -0.1) is 0 Å². The highest BCUT2D eigenvalue weighted by Gasteiger charge is 2.63. The first kappa shape index (κ1) is 29.1. The SMILES string of the molecule is COC1=C2C(=O)c3c(O)cc(CN4CCOCC4)c(OC)c3C[C@H]2C[C@H]2[C@H](N(C)C)C(O)=C(C(N)=O)C(=N)[C@@]12OC. The number of ether oxygens (including phenoxy) is 4. The lowest BCUT2D eigenvalue weighted by Crippen LogP contribution is -2.64. The Balaban J connectivity index is 1.70. The van der Waals surface area contributed by atoms with Gasteiger partial charge in [0.2, 0.25) is 0 Å². The molecule has 4 aliphatic rings. The summed E-state index contributed by atoms with van der Waals surface area (Å²) in [6.45, 7) is 3.27. The number of carbonyl (C=O) groups excluding carboxylic acids is 2. The molecule has 5 rings (SSSR count). The Hall–Kier alpha value is -3.45. The van der Waals surface area contributed by atoms with Crippen LogP contribution in [0.1, 0.15) is 27.9 Å². The number of aliphatic hydroxyl groups excluding tert-OH is 1. The van der Waals surface area contributed by atoms with Gasteiger partial charge in [-0.25, -0.2) is 0 Å². The number of hydrogen-bond acceptors (Lipinski definition) is 11. The van der Waals surface area contributed by atoms with Crippen LogP contribution in [-0.4, -0.2) is 111 Å². The van der Waals surface area contributed by atoms with E-state index in [0.29, 0.717) is 43.9 Å². The number of methoxy groups -OCH3 is 3. The summed E-state index contributed by atoms with van der Waals surface area (Å²) in [6, 6.07) is 0.824. The standard InChI is InChI=1S/C29H38N4O8/c1-32(2)22-17-11-14-10-16-20(18(34)12-15(25(16)38-3)13-33-6-8-41-9-7-33)23(35)19(14)27(39-4)29(17,40-5)26(30)21(24(22)36)28(31)37/h12,14,17,22,30,34,36H,6-11,13H2,1-5H3,(H2,31,37)/t14-,17-,22-,29+/m0/s1. The van der Waals surface area contributed by atoms with Crippen LogP contribution < -0.4 is 10.5 Å². The Morgan fingerprint density at radius 3 is 2.46 bits per heavy atom. The average Bonchev–Trinajstić information content (AvgIpc) is 2.92. The Morgan fingerprint density at radius 2 is 1.90 bits per heavy atom. The number of hydrogen-bond donors (Lipinski definition) is 4. The quantitative estimate of drug-likeness (QED) is 0.373. The molecular formula is C29H38N4O8. The highest BCUT2D eigenvalue weighted by atomic mass is 16.5. The smallest absolute Gasteiger partial charge is 0.254 e. The van der Waals surface area contributed by atoms with Crippen molar-refractivity contribution in [2.45, 2.75) is 31.0 Å². The van der Waals surface area contributed by atoms with Gasteiger partial charge in [-0.2, -0.15) is 0 Å². The van der Waals surface area contributed by atoms with E-state index < -0.39 is 35.2 Å². The molecule has 1 aromatic rings. The van der Waals surface area contributed by atoms with Gasteiger partial charge in [0.25, 0.3) is 5.91 Å². The van der Waals surface area contributed by atoms with Crippen LogP contribution in [0.2, 0.25) is 0 Å². The fraction of sp³-hybridized carbons (Fsp3) is 0.552. The van der Waals surface area contributed by atoms with Crippen molar-refractivity contribution in [1.82, 2.24) is 9.80 Å². The summed E-state index contributed by atoms with van der Waals surface area (Å²) in [5.74, 6) is -2.28. The molecule has 0 spiro atoms. The minimum absolute atomic E-state index is 0.0794. The molecule has 0 aromatic heterocycles. The van der Waals surface area contributed by atoms with E-state index >= 15 is 0 Å². The summed E-state index contributed by atoms with van der Waals surface area (Å²) in [6.07, 6.45) is 0.675. The summed E-state index contributed by atoms with van der Waals surface area (Å²) < 4.78 is 23.2. The molecule has 0 unspecified atom stereocenters. The van der Waals surface area contributed by atoms with Crippen molar-refractivity contribution in [3.05, 3.63) is 45.4 Å². The average molecular weight is 571 g/mol. The number of aliphatic hydroxyl groups is 1. The number of likely N-dealkylation sites (N-methyl/N-ethyl adjacent to an activating group) is 1. The molecule has 1 heterocycles. The van der Waals surface area contributed by atoms with Gasteiger partial charge in [-0.05, 0) is 38.9 Å². The Bertz CT molecular complexity index is 1360. The second-order valence-electron chi connectivity index (χ2n) is 11.2. The molecular weight excluding hydrogens is 532 g/mol. The highest BCUT2D eigenvalue weighted by Crippen LogP contribution is 2.55. The first-order chi connectivity index (χ1) is 19.5. The van der Waals surface area contributed by atoms with E-state index in [1.807, 2.05) is 0 Å². The molecule has 222 valence electrons. The number of nitrogens with one attached hydrogen (secondary N) is 1. The molecule has 1 amide bonds. The predicted molar refractivity (Wildman–Crippen MR) is 148 cm³/mol. The third-order valence-electron chi connectivity index (χ3n) is 8.98. The van der Waals surface area contributed by atoms with Crippen LogP contribution in [0.5, 0.6) is 11.5 Å². The van der Waals surface area contributed by atoms with Crippen LogP contribution in [0.15, 0.2) is 28.7 Å². The van der Waals surface area contributed by atoms with Crippen molar-refractivity contribution in [3.8, 4) is 11.5 Å². The normalized spacial score (nSPS) is 28.4. The van der Waals surface area contributed by atoms with E-state index in [2.05, 4.69) is 4.90 Å². The molecule has 12 heteroatoms. The fourth-order valence-corrected chi connectivity index (χ4v) is 7.35. The number of morpholine rings is 1. The van der Waals surface area contributed by atoms with E-state index in [1.54, 1.807) is 32.2 Å². The molecule has 1 fully saturated rings. The monoisotopic (exact) mass is 570 g/mol. The zero-order valence-electron chi connectivity index (χ0n) is 24.1. The van der Waals surface area contributed by atoms with Gasteiger partial charge in [0, 0.05) is 49.4 Å². The number of nitrogens with zero attached hydrogens (tertiary/aromatic N) is 2. The summed E-state index contributed by atoms with van der Waals surface area (Å²) >= 11 is 0.